The zero-order valence-electron chi connectivity index (χ0n) is 9.40. The summed E-state index contributed by atoms with van der Waals surface area (Å²) < 4.78 is 0. The summed E-state index contributed by atoms with van der Waals surface area (Å²) in [5.41, 5.74) is 2.69. The van der Waals surface area contributed by atoms with E-state index in [4.69, 9.17) is 0 Å². The van der Waals surface area contributed by atoms with Crippen molar-refractivity contribution in [1.29, 1.82) is 0 Å². The van der Waals surface area contributed by atoms with E-state index in [0.29, 0.717) is 12.1 Å². The molecule has 0 bridgehead atoms. The van der Waals surface area contributed by atoms with Crippen molar-refractivity contribution >= 4 is 0 Å². The van der Waals surface area contributed by atoms with Crippen LogP contribution in [0.3, 0.4) is 0 Å². The lowest BCUT2D eigenvalue weighted by Crippen LogP contribution is -2.45. The molecule has 2 heteroatoms. The molecular formula is C13H19NO. The average Bonchev–Trinajstić information content (AvgIpc) is 2.16. The van der Waals surface area contributed by atoms with Crippen molar-refractivity contribution in [3.8, 4) is 0 Å². The Labute approximate surface area is 91.3 Å². The van der Waals surface area contributed by atoms with Crippen LogP contribution < -0.4 is 5.32 Å². The molecule has 15 heavy (non-hydrogen) atoms. The van der Waals surface area contributed by atoms with Crippen molar-refractivity contribution in [2.75, 3.05) is 0 Å². The van der Waals surface area contributed by atoms with Crippen molar-refractivity contribution in [3.05, 3.63) is 35.4 Å². The summed E-state index contributed by atoms with van der Waals surface area (Å²) in [7, 11) is 0. The van der Waals surface area contributed by atoms with Gasteiger partial charge in [0.15, 0.2) is 0 Å². The van der Waals surface area contributed by atoms with Crippen LogP contribution in [0.2, 0.25) is 0 Å². The summed E-state index contributed by atoms with van der Waals surface area (Å²) in [5, 5.41) is 12.8. The van der Waals surface area contributed by atoms with Crippen LogP contribution in [0.4, 0.5) is 0 Å². The van der Waals surface area contributed by atoms with Gasteiger partial charge in [0, 0.05) is 12.1 Å². The second-order valence-electron chi connectivity index (χ2n) is 4.57. The quantitative estimate of drug-likeness (QED) is 0.792. The first-order valence-corrected chi connectivity index (χ1v) is 5.66. The Bertz CT molecular complexity index is 331. The molecule has 0 amide bonds. The van der Waals surface area contributed by atoms with E-state index >= 15 is 0 Å². The van der Waals surface area contributed by atoms with Gasteiger partial charge in [0.25, 0.3) is 0 Å². The highest BCUT2D eigenvalue weighted by Crippen LogP contribution is 2.24. The predicted octanol–water partition coefficient (Wildman–Crippen LogP) is 2.17. The summed E-state index contributed by atoms with van der Waals surface area (Å²) in [6, 6.07) is 9.33. The smallest absolute Gasteiger partial charge is 0.0570 e. The van der Waals surface area contributed by atoms with Crippen molar-refractivity contribution in [2.24, 2.45) is 0 Å². The molecule has 0 aliphatic heterocycles. The first-order chi connectivity index (χ1) is 7.16. The van der Waals surface area contributed by atoms with Crippen LogP contribution in [0.25, 0.3) is 0 Å². The first kappa shape index (κ1) is 10.7. The number of nitrogens with one attached hydrogen (secondary N) is 1. The lowest BCUT2D eigenvalue weighted by molar-refractivity contribution is 0.0585. The molecule has 2 N–H and O–H groups in total. The Morgan fingerprint density at radius 2 is 2.00 bits per heavy atom. The number of benzene rings is 1. The van der Waals surface area contributed by atoms with Gasteiger partial charge >= 0.3 is 0 Å². The van der Waals surface area contributed by atoms with Crippen molar-refractivity contribution in [1.82, 2.24) is 5.32 Å². The van der Waals surface area contributed by atoms with E-state index < -0.39 is 0 Å². The molecular weight excluding hydrogens is 186 g/mol. The molecule has 0 radical (unpaired) electrons. The Hall–Kier alpha value is -0.860. The summed E-state index contributed by atoms with van der Waals surface area (Å²) in [6.45, 7) is 4.33. The van der Waals surface area contributed by atoms with Gasteiger partial charge in [-0.1, -0.05) is 24.3 Å². The number of aliphatic hydroxyl groups excluding tert-OH is 1. The molecule has 0 spiro atoms. The summed E-state index contributed by atoms with van der Waals surface area (Å²) in [5.74, 6) is 0. The normalized spacial score (nSPS) is 27.1. The SMILES string of the molecule is Cc1ccccc1C(C)NC1CC(O)C1. The van der Waals surface area contributed by atoms with Crippen molar-refractivity contribution in [3.63, 3.8) is 0 Å². The van der Waals surface area contributed by atoms with Gasteiger partial charge in [-0.2, -0.15) is 0 Å². The van der Waals surface area contributed by atoms with Crippen LogP contribution in [0, 0.1) is 6.92 Å². The zero-order valence-corrected chi connectivity index (χ0v) is 9.40. The van der Waals surface area contributed by atoms with E-state index in [1.807, 2.05) is 0 Å². The topological polar surface area (TPSA) is 32.3 Å². The van der Waals surface area contributed by atoms with E-state index in [2.05, 4.69) is 43.4 Å². The maximum absolute atomic E-state index is 9.22. The van der Waals surface area contributed by atoms with Gasteiger partial charge in [0.2, 0.25) is 0 Å². The predicted molar refractivity (Wildman–Crippen MR) is 61.8 cm³/mol. The third kappa shape index (κ3) is 2.39. The van der Waals surface area contributed by atoms with Gasteiger partial charge in [0.1, 0.15) is 0 Å². The molecule has 82 valence electrons. The minimum Gasteiger partial charge on any atom is -0.393 e. The van der Waals surface area contributed by atoms with Gasteiger partial charge in [-0.3, -0.25) is 0 Å². The number of hydrogen-bond donors (Lipinski definition) is 2. The second-order valence-corrected chi connectivity index (χ2v) is 4.57. The Balaban J connectivity index is 1.96. The lowest BCUT2D eigenvalue weighted by atomic mass is 9.88. The third-order valence-electron chi connectivity index (χ3n) is 3.25. The van der Waals surface area contributed by atoms with Crippen LogP contribution in [-0.2, 0) is 0 Å². The highest BCUT2D eigenvalue weighted by Gasteiger charge is 2.28. The van der Waals surface area contributed by atoms with Gasteiger partial charge in [0.05, 0.1) is 6.10 Å². The van der Waals surface area contributed by atoms with Crippen LogP contribution in [-0.4, -0.2) is 17.3 Å². The lowest BCUT2D eigenvalue weighted by Gasteiger charge is -2.35. The van der Waals surface area contributed by atoms with E-state index in [9.17, 15) is 5.11 Å². The Morgan fingerprint density at radius 1 is 1.33 bits per heavy atom. The Kier molecular flexibility index (Phi) is 3.08. The maximum Gasteiger partial charge on any atom is 0.0570 e. The molecule has 1 aromatic rings. The van der Waals surface area contributed by atoms with Crippen molar-refractivity contribution < 1.29 is 5.11 Å². The van der Waals surface area contributed by atoms with Gasteiger partial charge in [-0.05, 0) is 37.8 Å². The largest absolute Gasteiger partial charge is 0.393 e. The highest BCUT2D eigenvalue weighted by atomic mass is 16.3. The first-order valence-electron chi connectivity index (χ1n) is 5.66. The van der Waals surface area contributed by atoms with E-state index in [1.165, 1.54) is 11.1 Å². The Morgan fingerprint density at radius 3 is 2.60 bits per heavy atom. The molecule has 1 saturated carbocycles. The molecule has 2 nitrogen and oxygen atoms in total. The number of aliphatic hydroxyl groups is 1. The molecule has 1 atom stereocenters. The molecule has 1 unspecified atom stereocenters. The monoisotopic (exact) mass is 205 g/mol. The molecule has 0 heterocycles. The maximum atomic E-state index is 9.22. The fraction of sp³-hybridized carbons (Fsp3) is 0.538. The second kappa shape index (κ2) is 4.33. The van der Waals surface area contributed by atoms with Crippen LogP contribution in [0.1, 0.15) is 36.9 Å². The molecule has 1 aromatic carbocycles. The fourth-order valence-corrected chi connectivity index (χ4v) is 2.24. The minimum absolute atomic E-state index is 0.0772. The van der Waals surface area contributed by atoms with Gasteiger partial charge in [-0.15, -0.1) is 0 Å². The molecule has 2 rings (SSSR count). The van der Waals surface area contributed by atoms with Gasteiger partial charge in [-0.25, -0.2) is 0 Å². The zero-order chi connectivity index (χ0) is 10.8. The molecule has 0 aromatic heterocycles. The molecule has 1 aliphatic rings. The molecule has 1 aliphatic carbocycles. The minimum atomic E-state index is -0.0772. The highest BCUT2D eigenvalue weighted by molar-refractivity contribution is 5.28. The standard InChI is InChI=1S/C13H19NO/c1-9-5-3-4-6-13(9)10(2)14-11-7-12(15)8-11/h3-6,10-12,14-15H,7-8H2,1-2H3. The summed E-state index contributed by atoms with van der Waals surface area (Å²) >= 11 is 0. The van der Waals surface area contributed by atoms with Crippen molar-refractivity contribution in [2.45, 2.75) is 44.9 Å². The third-order valence-corrected chi connectivity index (χ3v) is 3.25. The van der Waals surface area contributed by atoms with Crippen LogP contribution in [0.15, 0.2) is 24.3 Å². The fourth-order valence-electron chi connectivity index (χ4n) is 2.24. The number of aryl methyl sites for hydroxylation is 1. The van der Waals surface area contributed by atoms with E-state index in [0.717, 1.165) is 12.8 Å². The van der Waals surface area contributed by atoms with Crippen LogP contribution >= 0.6 is 0 Å². The van der Waals surface area contributed by atoms with Crippen LogP contribution in [0.5, 0.6) is 0 Å². The molecule has 1 fully saturated rings. The van der Waals surface area contributed by atoms with Gasteiger partial charge < -0.3 is 10.4 Å². The molecule has 0 saturated heterocycles. The number of hydrogen-bond acceptors (Lipinski definition) is 2. The number of rotatable bonds is 3. The summed E-state index contributed by atoms with van der Waals surface area (Å²) in [6.07, 6.45) is 1.72. The van der Waals surface area contributed by atoms with E-state index in [-0.39, 0.29) is 6.10 Å². The average molecular weight is 205 g/mol. The summed E-state index contributed by atoms with van der Waals surface area (Å²) in [4.78, 5) is 0. The van der Waals surface area contributed by atoms with E-state index in [1.54, 1.807) is 0 Å².